The van der Waals surface area contributed by atoms with Crippen LogP contribution < -0.4 is 4.72 Å². The number of H-pyrrole nitrogens is 1. The van der Waals surface area contributed by atoms with Crippen molar-refractivity contribution < 1.29 is 18.3 Å². The van der Waals surface area contributed by atoms with Crippen LogP contribution in [0.5, 0.6) is 0 Å². The molecule has 21 heavy (non-hydrogen) atoms. The number of halogens is 3. The van der Waals surface area contributed by atoms with Gasteiger partial charge in [0.15, 0.2) is 5.03 Å². The summed E-state index contributed by atoms with van der Waals surface area (Å²) in [6.07, 6.45) is 0.877. The first kappa shape index (κ1) is 15.9. The van der Waals surface area contributed by atoms with Gasteiger partial charge in [-0.1, -0.05) is 34.8 Å². The molecule has 1 aromatic carbocycles. The second-order valence-corrected chi connectivity index (χ2v) is 6.64. The number of carboxylic acids is 1. The van der Waals surface area contributed by atoms with Crippen LogP contribution in [0.15, 0.2) is 23.4 Å². The Morgan fingerprint density at radius 1 is 1.24 bits per heavy atom. The second-order valence-electron chi connectivity index (χ2n) is 3.77. The van der Waals surface area contributed by atoms with Gasteiger partial charge in [-0.05, 0) is 12.1 Å². The Bertz CT molecular complexity index is 796. The van der Waals surface area contributed by atoms with Gasteiger partial charge in [-0.25, -0.2) is 4.79 Å². The normalized spacial score (nSPS) is 11.4. The summed E-state index contributed by atoms with van der Waals surface area (Å²) in [4.78, 5) is 10.9. The van der Waals surface area contributed by atoms with Gasteiger partial charge in [-0.2, -0.15) is 13.5 Å². The third-order valence-electron chi connectivity index (χ3n) is 2.35. The SMILES string of the molecule is O=C(O)c1cn[nH]c1S(=O)(=O)Nc1c(Cl)cc(Cl)cc1Cl. The summed E-state index contributed by atoms with van der Waals surface area (Å²) in [5.74, 6) is -1.45. The van der Waals surface area contributed by atoms with Crippen molar-refractivity contribution >= 4 is 56.5 Å². The van der Waals surface area contributed by atoms with E-state index in [2.05, 4.69) is 14.9 Å². The van der Waals surface area contributed by atoms with Crippen molar-refractivity contribution in [3.05, 3.63) is 39.0 Å². The van der Waals surface area contributed by atoms with E-state index < -0.39 is 26.6 Å². The lowest BCUT2D eigenvalue weighted by Crippen LogP contribution is -2.17. The maximum Gasteiger partial charge on any atom is 0.340 e. The number of aromatic amines is 1. The number of aromatic nitrogens is 2. The van der Waals surface area contributed by atoms with E-state index in [4.69, 9.17) is 39.9 Å². The summed E-state index contributed by atoms with van der Waals surface area (Å²) >= 11 is 17.5. The molecule has 0 saturated carbocycles. The second kappa shape index (κ2) is 5.72. The molecule has 0 spiro atoms. The van der Waals surface area contributed by atoms with E-state index in [1.807, 2.05) is 0 Å². The first-order valence-corrected chi connectivity index (χ1v) is 7.78. The molecule has 7 nitrogen and oxygen atoms in total. The molecular formula is C10H6Cl3N3O4S. The molecule has 0 aliphatic carbocycles. The highest BCUT2D eigenvalue weighted by atomic mass is 35.5. The Kier molecular flexibility index (Phi) is 4.33. The van der Waals surface area contributed by atoms with Crippen LogP contribution in [-0.4, -0.2) is 29.7 Å². The van der Waals surface area contributed by atoms with Gasteiger partial charge in [0.2, 0.25) is 0 Å². The molecule has 1 aromatic heterocycles. The molecule has 3 N–H and O–H groups in total. The predicted octanol–water partition coefficient (Wildman–Crippen LogP) is 2.87. The number of hydrogen-bond donors (Lipinski definition) is 3. The van der Waals surface area contributed by atoms with Gasteiger partial charge >= 0.3 is 5.97 Å². The topological polar surface area (TPSA) is 112 Å². The number of aromatic carboxylic acids is 1. The maximum atomic E-state index is 12.2. The fraction of sp³-hybridized carbons (Fsp3) is 0. The molecule has 0 aliphatic heterocycles. The minimum Gasteiger partial charge on any atom is -0.478 e. The highest BCUT2D eigenvalue weighted by Crippen LogP contribution is 2.35. The molecule has 0 amide bonds. The van der Waals surface area contributed by atoms with Crippen LogP contribution >= 0.6 is 34.8 Å². The maximum absolute atomic E-state index is 12.2. The van der Waals surface area contributed by atoms with Crippen molar-refractivity contribution in [1.29, 1.82) is 0 Å². The molecule has 1 heterocycles. The molecule has 0 atom stereocenters. The van der Waals surface area contributed by atoms with Crippen molar-refractivity contribution in [3.8, 4) is 0 Å². The van der Waals surface area contributed by atoms with Crippen molar-refractivity contribution in [2.24, 2.45) is 0 Å². The van der Waals surface area contributed by atoms with Gasteiger partial charge in [-0.3, -0.25) is 9.82 Å². The summed E-state index contributed by atoms with van der Waals surface area (Å²) in [7, 11) is -4.26. The van der Waals surface area contributed by atoms with E-state index in [9.17, 15) is 13.2 Å². The van der Waals surface area contributed by atoms with Crippen LogP contribution in [-0.2, 0) is 10.0 Å². The Balaban J connectivity index is 2.48. The molecule has 0 radical (unpaired) electrons. The van der Waals surface area contributed by atoms with E-state index in [-0.39, 0.29) is 20.8 Å². The summed E-state index contributed by atoms with van der Waals surface area (Å²) < 4.78 is 26.5. The lowest BCUT2D eigenvalue weighted by atomic mass is 10.3. The molecule has 0 fully saturated rings. The zero-order valence-electron chi connectivity index (χ0n) is 9.89. The van der Waals surface area contributed by atoms with Crippen LogP contribution in [0.2, 0.25) is 15.1 Å². The number of benzene rings is 1. The zero-order chi connectivity index (χ0) is 15.8. The fourth-order valence-corrected chi connectivity index (χ4v) is 3.67. The van der Waals surface area contributed by atoms with Gasteiger partial charge in [0, 0.05) is 5.02 Å². The summed E-state index contributed by atoms with van der Waals surface area (Å²) in [5, 5.41) is 13.9. The smallest absolute Gasteiger partial charge is 0.340 e. The largest absolute Gasteiger partial charge is 0.478 e. The Morgan fingerprint density at radius 3 is 2.33 bits per heavy atom. The first-order valence-electron chi connectivity index (χ1n) is 5.16. The zero-order valence-corrected chi connectivity index (χ0v) is 13.0. The van der Waals surface area contributed by atoms with E-state index in [0.29, 0.717) is 0 Å². The highest BCUT2D eigenvalue weighted by molar-refractivity contribution is 7.92. The molecule has 0 saturated heterocycles. The Labute approximate surface area is 133 Å². The van der Waals surface area contributed by atoms with Crippen LogP contribution in [0, 0.1) is 0 Å². The van der Waals surface area contributed by atoms with Gasteiger partial charge in [0.25, 0.3) is 10.0 Å². The van der Waals surface area contributed by atoms with E-state index >= 15 is 0 Å². The van der Waals surface area contributed by atoms with Crippen LogP contribution in [0.4, 0.5) is 5.69 Å². The third-order valence-corrected chi connectivity index (χ3v) is 4.48. The summed E-state index contributed by atoms with van der Waals surface area (Å²) in [6.45, 7) is 0. The van der Waals surface area contributed by atoms with Crippen LogP contribution in [0.1, 0.15) is 10.4 Å². The van der Waals surface area contributed by atoms with Gasteiger partial charge in [-0.15, -0.1) is 0 Å². The average Bonchev–Trinajstić information content (AvgIpc) is 2.83. The quantitative estimate of drug-likeness (QED) is 0.766. The third kappa shape index (κ3) is 3.24. The number of rotatable bonds is 4. The molecular weight excluding hydrogens is 365 g/mol. The Morgan fingerprint density at radius 2 is 1.81 bits per heavy atom. The minimum absolute atomic E-state index is 0.0348. The summed E-state index contributed by atoms with van der Waals surface area (Å²) in [6, 6.07) is 2.58. The lowest BCUT2D eigenvalue weighted by molar-refractivity contribution is 0.0692. The van der Waals surface area contributed by atoms with Crippen LogP contribution in [0.3, 0.4) is 0 Å². The monoisotopic (exact) mass is 369 g/mol. The molecule has 112 valence electrons. The van der Waals surface area contributed by atoms with Gasteiger partial charge in [0.1, 0.15) is 5.56 Å². The van der Waals surface area contributed by atoms with Crippen molar-refractivity contribution in [2.75, 3.05) is 4.72 Å². The standard InChI is InChI=1S/C10H6Cl3N3O4S/c11-4-1-6(12)8(7(13)2-4)16-21(19,20)9-5(10(17)18)3-14-15-9/h1-3,16H,(H,14,15)(H,17,18). The minimum atomic E-state index is -4.26. The fourth-order valence-electron chi connectivity index (χ4n) is 1.46. The van der Waals surface area contributed by atoms with E-state index in [1.54, 1.807) is 0 Å². The molecule has 11 heteroatoms. The Hall–Kier alpha value is -1.48. The van der Waals surface area contributed by atoms with Gasteiger partial charge in [0.05, 0.1) is 21.9 Å². The van der Waals surface area contributed by atoms with E-state index in [0.717, 1.165) is 6.20 Å². The van der Waals surface area contributed by atoms with E-state index in [1.165, 1.54) is 12.1 Å². The molecule has 2 rings (SSSR count). The number of carbonyl (C=O) groups is 1. The lowest BCUT2D eigenvalue weighted by Gasteiger charge is -2.11. The molecule has 2 aromatic rings. The number of sulfonamides is 1. The molecule has 0 aliphatic rings. The van der Waals surface area contributed by atoms with Gasteiger partial charge < -0.3 is 5.11 Å². The number of hydrogen-bond acceptors (Lipinski definition) is 4. The average molecular weight is 371 g/mol. The highest BCUT2D eigenvalue weighted by Gasteiger charge is 2.26. The number of carboxylic acid groups (broad SMARTS) is 1. The number of anilines is 1. The van der Waals surface area contributed by atoms with Crippen molar-refractivity contribution in [1.82, 2.24) is 10.2 Å². The first-order chi connectivity index (χ1) is 9.72. The number of nitrogens with zero attached hydrogens (tertiary/aromatic N) is 1. The van der Waals surface area contributed by atoms with Crippen molar-refractivity contribution in [2.45, 2.75) is 5.03 Å². The molecule has 0 bridgehead atoms. The summed E-state index contributed by atoms with van der Waals surface area (Å²) in [5.41, 5.74) is -0.627. The number of nitrogens with one attached hydrogen (secondary N) is 2. The predicted molar refractivity (Wildman–Crippen MR) is 77.8 cm³/mol. The molecule has 0 unspecified atom stereocenters. The van der Waals surface area contributed by atoms with Crippen molar-refractivity contribution in [3.63, 3.8) is 0 Å². The van der Waals surface area contributed by atoms with Crippen LogP contribution in [0.25, 0.3) is 0 Å².